The van der Waals surface area contributed by atoms with Gasteiger partial charge in [0, 0.05) is 24.0 Å². The number of anilines is 2. The highest BCUT2D eigenvalue weighted by Gasteiger charge is 2.32. The lowest BCUT2D eigenvalue weighted by atomic mass is 10.0. The molecule has 1 aliphatic heterocycles. The number of alkyl halides is 1. The zero-order chi connectivity index (χ0) is 22.9. The quantitative estimate of drug-likeness (QED) is 0.491. The molecule has 0 spiro atoms. The molecular formula is C23H36ClN3O2S. The van der Waals surface area contributed by atoms with E-state index in [2.05, 4.69) is 36.3 Å². The molecule has 2 rings (SSSR count). The summed E-state index contributed by atoms with van der Waals surface area (Å²) >= 11 is 7.33. The van der Waals surface area contributed by atoms with E-state index in [1.807, 2.05) is 38.1 Å². The van der Waals surface area contributed by atoms with Crippen LogP contribution in [0.25, 0.3) is 0 Å². The third kappa shape index (κ3) is 7.24. The monoisotopic (exact) mass is 453 g/mol. The summed E-state index contributed by atoms with van der Waals surface area (Å²) in [6, 6.07) is 8.26. The van der Waals surface area contributed by atoms with Crippen LogP contribution in [0.1, 0.15) is 61.3 Å². The summed E-state index contributed by atoms with van der Waals surface area (Å²) in [5.41, 5.74) is 0.781. The molecule has 2 amide bonds. The van der Waals surface area contributed by atoms with Gasteiger partial charge in [-0.3, -0.25) is 9.59 Å². The zero-order valence-corrected chi connectivity index (χ0v) is 20.8. The molecule has 1 aromatic carbocycles. The summed E-state index contributed by atoms with van der Waals surface area (Å²) in [5.74, 6) is -0.537. The van der Waals surface area contributed by atoms with E-state index in [4.69, 9.17) is 11.6 Å². The summed E-state index contributed by atoms with van der Waals surface area (Å²) in [7, 11) is 0. The molecule has 0 aromatic heterocycles. The number of carbonyl (C=O) groups is 2. The van der Waals surface area contributed by atoms with E-state index in [1.165, 1.54) is 11.8 Å². The Balaban J connectivity index is 0.00000218. The maximum absolute atomic E-state index is 12.7. The van der Waals surface area contributed by atoms with Crippen molar-refractivity contribution in [1.29, 1.82) is 0 Å². The largest absolute Gasteiger partial charge is 0.369 e. The first kappa shape index (κ1) is 26.4. The molecule has 1 aromatic rings. The highest BCUT2D eigenvalue weighted by molar-refractivity contribution is 8.05. The van der Waals surface area contributed by atoms with Gasteiger partial charge < -0.3 is 15.5 Å². The van der Waals surface area contributed by atoms with Crippen LogP contribution < -0.4 is 15.5 Å². The molecule has 0 aliphatic carbocycles. The number of hydrogen-bond donors (Lipinski definition) is 2. The minimum absolute atomic E-state index is 0.116. The lowest BCUT2D eigenvalue weighted by Gasteiger charge is -2.30. The smallest absolute Gasteiger partial charge is 0.258 e. The molecule has 1 heterocycles. The number of hydrogen-bond acceptors (Lipinski definition) is 4. The molecule has 0 bridgehead atoms. The first-order valence-electron chi connectivity index (χ1n) is 10.7. The van der Waals surface area contributed by atoms with Crippen LogP contribution in [-0.4, -0.2) is 34.6 Å². The molecule has 2 unspecified atom stereocenters. The predicted molar refractivity (Wildman–Crippen MR) is 131 cm³/mol. The summed E-state index contributed by atoms with van der Waals surface area (Å²) in [6.45, 7) is 14.8. The van der Waals surface area contributed by atoms with Gasteiger partial charge in [-0.05, 0) is 64.8 Å². The van der Waals surface area contributed by atoms with Gasteiger partial charge in [0.25, 0.3) is 5.91 Å². The third-order valence-corrected chi connectivity index (χ3v) is 6.38. The predicted octanol–water partition coefficient (Wildman–Crippen LogP) is 5.76. The maximum atomic E-state index is 12.7. The van der Waals surface area contributed by atoms with Crippen LogP contribution >= 0.6 is 23.4 Å². The number of nitrogens with one attached hydrogen (secondary N) is 2. The van der Waals surface area contributed by atoms with E-state index in [-0.39, 0.29) is 16.5 Å². The maximum Gasteiger partial charge on any atom is 0.258 e. The van der Waals surface area contributed by atoms with E-state index < -0.39 is 5.54 Å². The second-order valence-corrected chi connectivity index (χ2v) is 9.49. The van der Waals surface area contributed by atoms with Crippen LogP contribution in [0.3, 0.4) is 0 Å². The average Bonchev–Trinajstić information content (AvgIpc) is 3.17. The van der Waals surface area contributed by atoms with Crippen molar-refractivity contribution in [2.24, 2.45) is 0 Å². The number of carbonyl (C=O) groups excluding carboxylic acids is 2. The molecule has 0 saturated heterocycles. The Bertz CT molecular complexity index is 734. The molecule has 0 radical (unpaired) electrons. The number of allylic oxidation sites excluding steroid dienone is 1. The Morgan fingerprint density at radius 1 is 1.23 bits per heavy atom. The van der Waals surface area contributed by atoms with E-state index in [9.17, 15) is 9.59 Å². The minimum atomic E-state index is -1.05. The van der Waals surface area contributed by atoms with Crippen LogP contribution in [0.5, 0.6) is 0 Å². The van der Waals surface area contributed by atoms with Crippen molar-refractivity contribution in [3.05, 3.63) is 35.2 Å². The van der Waals surface area contributed by atoms with Crippen LogP contribution in [0.4, 0.5) is 11.4 Å². The van der Waals surface area contributed by atoms with Gasteiger partial charge in [-0.1, -0.05) is 26.8 Å². The lowest BCUT2D eigenvalue weighted by molar-refractivity contribution is -0.127. The Kier molecular flexibility index (Phi) is 10.8. The lowest BCUT2D eigenvalue weighted by Crippen LogP contribution is -2.52. The second kappa shape index (κ2) is 12.3. The molecule has 5 nitrogen and oxygen atoms in total. The third-order valence-electron chi connectivity index (χ3n) is 4.88. The molecule has 30 heavy (non-hydrogen) atoms. The van der Waals surface area contributed by atoms with Crippen LogP contribution in [0, 0.1) is 0 Å². The minimum Gasteiger partial charge on any atom is -0.369 e. The van der Waals surface area contributed by atoms with Crippen LogP contribution in [0.2, 0.25) is 0 Å². The van der Waals surface area contributed by atoms with Gasteiger partial charge in [0.15, 0.2) is 0 Å². The van der Waals surface area contributed by atoms with Gasteiger partial charge in [-0.2, -0.15) is 0 Å². The van der Waals surface area contributed by atoms with Crippen molar-refractivity contribution in [2.75, 3.05) is 16.8 Å². The molecule has 0 saturated carbocycles. The molecule has 7 heteroatoms. The average molecular weight is 454 g/mol. The number of halogens is 1. The molecule has 1 aliphatic rings. The summed E-state index contributed by atoms with van der Waals surface area (Å²) < 4.78 is -0.116. The summed E-state index contributed by atoms with van der Waals surface area (Å²) in [5, 5.41) is 5.68. The SMILES string of the molecule is CC.CCC(C)N(CC)c1ccc(NC(=O)C(C)(C)NC(=O)C2=CCC(Cl)S2)cc1. The van der Waals surface area contributed by atoms with E-state index in [0.717, 1.165) is 18.7 Å². The van der Waals surface area contributed by atoms with Gasteiger partial charge in [0.1, 0.15) is 5.54 Å². The van der Waals surface area contributed by atoms with Crippen molar-refractivity contribution in [1.82, 2.24) is 5.32 Å². The van der Waals surface area contributed by atoms with Crippen LogP contribution in [0.15, 0.2) is 35.2 Å². The number of rotatable bonds is 8. The number of amides is 2. The van der Waals surface area contributed by atoms with Crippen molar-refractivity contribution in [3.8, 4) is 0 Å². The normalized spacial score (nSPS) is 16.7. The number of thioether (sulfide) groups is 1. The molecule has 2 atom stereocenters. The van der Waals surface area contributed by atoms with Gasteiger partial charge in [0.2, 0.25) is 5.91 Å². The molecule has 168 valence electrons. The van der Waals surface area contributed by atoms with Crippen molar-refractivity contribution in [2.45, 2.75) is 77.6 Å². The second-order valence-electron chi connectivity index (χ2n) is 7.46. The molecule has 2 N–H and O–H groups in total. The fourth-order valence-electron chi connectivity index (χ4n) is 2.97. The Morgan fingerprint density at radius 2 is 1.83 bits per heavy atom. The zero-order valence-electron chi connectivity index (χ0n) is 19.2. The highest BCUT2D eigenvalue weighted by atomic mass is 35.5. The van der Waals surface area contributed by atoms with Gasteiger partial charge in [-0.25, -0.2) is 0 Å². The first-order chi connectivity index (χ1) is 14.2. The fourth-order valence-corrected chi connectivity index (χ4v) is 4.17. The standard InChI is InChI=1S/C21H30ClN3O2S.C2H6/c1-6-14(3)25(7-2)16-10-8-15(9-11-16)23-20(27)21(4,5)24-19(26)17-12-13-18(22)28-17;1-2/h8-12,14,18H,6-7,13H2,1-5H3,(H,23,27)(H,24,26);1-2H3. The van der Waals surface area contributed by atoms with Crippen LogP contribution in [-0.2, 0) is 9.59 Å². The molecular weight excluding hydrogens is 418 g/mol. The van der Waals surface area contributed by atoms with Crippen molar-refractivity contribution in [3.63, 3.8) is 0 Å². The van der Waals surface area contributed by atoms with E-state index >= 15 is 0 Å². The van der Waals surface area contributed by atoms with Crippen molar-refractivity contribution >= 4 is 46.6 Å². The van der Waals surface area contributed by atoms with Gasteiger partial charge in [0.05, 0.1) is 9.61 Å². The Morgan fingerprint density at radius 3 is 2.30 bits per heavy atom. The van der Waals surface area contributed by atoms with Gasteiger partial charge >= 0.3 is 0 Å². The number of nitrogens with zero attached hydrogens (tertiary/aromatic N) is 1. The Labute approximate surface area is 191 Å². The first-order valence-corrected chi connectivity index (χ1v) is 12.0. The Hall–Kier alpha value is -1.66. The van der Waals surface area contributed by atoms with Crippen molar-refractivity contribution < 1.29 is 9.59 Å². The topological polar surface area (TPSA) is 61.4 Å². The highest BCUT2D eigenvalue weighted by Crippen LogP contribution is 2.35. The van der Waals surface area contributed by atoms with E-state index in [0.29, 0.717) is 23.1 Å². The van der Waals surface area contributed by atoms with E-state index in [1.54, 1.807) is 19.9 Å². The summed E-state index contributed by atoms with van der Waals surface area (Å²) in [4.78, 5) is 27.9. The number of benzene rings is 1. The fraction of sp³-hybridized carbons (Fsp3) is 0.565. The summed E-state index contributed by atoms with van der Waals surface area (Å²) in [6.07, 6.45) is 3.53. The van der Waals surface area contributed by atoms with Gasteiger partial charge in [-0.15, -0.1) is 23.4 Å². The molecule has 0 fully saturated rings.